The van der Waals surface area contributed by atoms with E-state index in [1.165, 1.54) is 16.9 Å². The van der Waals surface area contributed by atoms with E-state index in [0.717, 1.165) is 29.7 Å². The van der Waals surface area contributed by atoms with Crippen molar-refractivity contribution >= 4 is 6.08 Å². The molecule has 0 unspecified atom stereocenters. The second-order valence-electron chi connectivity index (χ2n) is 4.51. The summed E-state index contributed by atoms with van der Waals surface area (Å²) in [7, 11) is 0. The molecule has 2 aliphatic rings. The van der Waals surface area contributed by atoms with E-state index < -0.39 is 0 Å². The summed E-state index contributed by atoms with van der Waals surface area (Å²) in [6.45, 7) is 0. The fourth-order valence-electron chi connectivity index (χ4n) is 2.53. The molecule has 1 aliphatic heterocycles. The van der Waals surface area contributed by atoms with Crippen molar-refractivity contribution in [2.45, 2.75) is 19.3 Å². The summed E-state index contributed by atoms with van der Waals surface area (Å²) in [5.74, 6) is 1.08. The molecule has 0 radical (unpaired) electrons. The number of hydrogen-bond acceptors (Lipinski definition) is 2. The first-order valence-electron chi connectivity index (χ1n) is 6.02. The molecule has 0 saturated heterocycles. The van der Waals surface area contributed by atoms with Crippen LogP contribution in [0.3, 0.4) is 0 Å². The van der Waals surface area contributed by atoms with E-state index in [1.54, 1.807) is 0 Å². The normalized spacial score (nSPS) is 15.3. The zero-order valence-corrected chi connectivity index (χ0v) is 9.43. The van der Waals surface area contributed by atoms with Gasteiger partial charge in [0.2, 0.25) is 5.35 Å². The zero-order chi connectivity index (χ0) is 11.2. The summed E-state index contributed by atoms with van der Waals surface area (Å²) in [5, 5.41) is 8.13. The van der Waals surface area contributed by atoms with Gasteiger partial charge in [-0.25, -0.2) is 0 Å². The van der Waals surface area contributed by atoms with Crippen molar-refractivity contribution in [3.05, 3.63) is 57.8 Å². The van der Waals surface area contributed by atoms with Gasteiger partial charge >= 0.3 is 5.82 Å². The summed E-state index contributed by atoms with van der Waals surface area (Å²) in [4.78, 5) is 4.77. The maximum atomic E-state index is 4.77. The molecule has 2 heterocycles. The topological polar surface area (TPSA) is 31.7 Å². The Hall–Kier alpha value is -2.03. The lowest BCUT2D eigenvalue weighted by molar-refractivity contribution is -0.595. The lowest BCUT2D eigenvalue weighted by atomic mass is 10.2. The Morgan fingerprint density at radius 2 is 2.12 bits per heavy atom. The van der Waals surface area contributed by atoms with Gasteiger partial charge in [0.1, 0.15) is 0 Å². The Morgan fingerprint density at radius 3 is 3.12 bits per heavy atom. The minimum atomic E-state index is 0.994. The van der Waals surface area contributed by atoms with Crippen LogP contribution in [0.15, 0.2) is 24.3 Å². The average molecular weight is 222 g/mol. The van der Waals surface area contributed by atoms with E-state index in [-0.39, 0.29) is 0 Å². The third-order valence-electron chi connectivity index (χ3n) is 3.38. The van der Waals surface area contributed by atoms with Crippen LogP contribution in [0, 0.1) is 16.8 Å². The molecule has 82 valence electrons. The molecule has 2 aromatic rings. The van der Waals surface area contributed by atoms with Crippen molar-refractivity contribution in [1.29, 1.82) is 0 Å². The van der Waals surface area contributed by atoms with E-state index in [9.17, 15) is 0 Å². The van der Waals surface area contributed by atoms with Gasteiger partial charge in [-0.3, -0.25) is 0 Å². The van der Waals surface area contributed by atoms with Crippen molar-refractivity contribution in [3.63, 3.8) is 0 Å². The minimum absolute atomic E-state index is 0.994. The number of benzene rings is 1. The van der Waals surface area contributed by atoms with E-state index in [4.69, 9.17) is 4.98 Å². The lowest BCUT2D eigenvalue weighted by Crippen LogP contribution is -2.33. The summed E-state index contributed by atoms with van der Waals surface area (Å²) >= 11 is 0. The molecule has 0 spiro atoms. The Labute approximate surface area is 98.1 Å². The van der Waals surface area contributed by atoms with Crippen LogP contribution in [-0.2, 0) is 6.42 Å². The molecular weight excluding hydrogens is 210 g/mol. The molecule has 0 amide bonds. The molecule has 0 atom stereocenters. The van der Waals surface area contributed by atoms with E-state index in [0.29, 0.717) is 0 Å². The lowest BCUT2D eigenvalue weighted by Gasteiger charge is -1.98. The van der Waals surface area contributed by atoms with Gasteiger partial charge in [0.15, 0.2) is 5.69 Å². The fraction of sp³-hybridized carbons (Fsp3) is 0.214. The second-order valence-corrected chi connectivity index (χ2v) is 4.51. The Morgan fingerprint density at radius 1 is 1.18 bits per heavy atom. The predicted molar refractivity (Wildman–Crippen MR) is 62.2 cm³/mol. The second kappa shape index (κ2) is 3.23. The van der Waals surface area contributed by atoms with Crippen molar-refractivity contribution in [3.8, 4) is 0 Å². The number of hydrogen-bond donors (Lipinski definition) is 0. The summed E-state index contributed by atoms with van der Waals surface area (Å²) in [6, 6.07) is 8.35. The highest BCUT2D eigenvalue weighted by Crippen LogP contribution is 2.06. The van der Waals surface area contributed by atoms with Gasteiger partial charge in [0.05, 0.1) is 12.6 Å². The van der Waals surface area contributed by atoms with Crippen LogP contribution in [0.25, 0.3) is 6.08 Å². The van der Waals surface area contributed by atoms with Crippen LogP contribution in [0.4, 0.5) is 0 Å². The first kappa shape index (κ1) is 9.05. The van der Waals surface area contributed by atoms with Gasteiger partial charge in [-0.1, -0.05) is 23.3 Å². The highest BCUT2D eigenvalue weighted by Gasteiger charge is 2.18. The summed E-state index contributed by atoms with van der Waals surface area (Å²) in [6.07, 6.45) is 7.55. The molecule has 3 nitrogen and oxygen atoms in total. The van der Waals surface area contributed by atoms with Crippen LogP contribution in [0.5, 0.6) is 0 Å². The van der Waals surface area contributed by atoms with Crippen molar-refractivity contribution in [2.75, 3.05) is 0 Å². The smallest absolute Gasteiger partial charge is 0.109 e. The quantitative estimate of drug-likeness (QED) is 0.520. The van der Waals surface area contributed by atoms with Crippen LogP contribution >= 0.6 is 0 Å². The SMILES string of the molecule is C1=c2ccccc2=c2nc3[n+](nc21)=CCCC3. The average Bonchev–Trinajstić information content (AvgIpc) is 2.73. The van der Waals surface area contributed by atoms with Crippen LogP contribution in [0.1, 0.15) is 24.4 Å². The molecule has 0 N–H and O–H groups in total. The van der Waals surface area contributed by atoms with E-state index in [1.807, 2.05) is 4.36 Å². The largest absolute Gasteiger partial charge is 0.323 e. The monoisotopic (exact) mass is 222 g/mol. The van der Waals surface area contributed by atoms with Gasteiger partial charge in [-0.05, 0) is 28.8 Å². The molecule has 0 fully saturated rings. The molecule has 1 aliphatic carbocycles. The molecule has 1 aromatic carbocycles. The maximum Gasteiger partial charge on any atom is 0.323 e. The summed E-state index contributed by atoms with van der Waals surface area (Å²) in [5.41, 5.74) is 0.994. The van der Waals surface area contributed by atoms with Crippen LogP contribution in [-0.4, -0.2) is 10.1 Å². The zero-order valence-electron chi connectivity index (χ0n) is 9.43. The molecule has 0 saturated carbocycles. The Balaban J connectivity index is 2.22. The van der Waals surface area contributed by atoms with Crippen molar-refractivity contribution in [2.24, 2.45) is 0 Å². The summed E-state index contributed by atoms with van der Waals surface area (Å²) < 4.78 is 1.95. The third kappa shape index (κ3) is 1.25. The van der Waals surface area contributed by atoms with Crippen LogP contribution < -0.4 is 9.58 Å². The number of aryl methyl sites for hydroxylation is 1. The Kier molecular flexibility index (Phi) is 1.72. The van der Waals surface area contributed by atoms with Gasteiger partial charge in [-0.2, -0.15) is 0 Å². The molecule has 4 rings (SSSR count). The standard InChI is InChI=1S/C14H12N3/c1-2-6-11-10(5-1)9-12-14(11)15-13-7-3-4-8-17(13)16-12/h1-2,5-6,8-9H,3-4,7H2/q+1. The molecule has 0 bridgehead atoms. The minimum Gasteiger partial charge on any atom is -0.109 e. The maximum absolute atomic E-state index is 4.77. The molecule has 1 aromatic heterocycles. The van der Waals surface area contributed by atoms with Crippen molar-refractivity contribution in [1.82, 2.24) is 10.1 Å². The van der Waals surface area contributed by atoms with Gasteiger partial charge in [0.25, 0.3) is 0 Å². The number of fused-ring (bicyclic) bond motifs is 3. The molecular formula is C14H12N3+. The first-order valence-corrected chi connectivity index (χ1v) is 6.02. The first-order chi connectivity index (χ1) is 8.42. The van der Waals surface area contributed by atoms with E-state index >= 15 is 0 Å². The number of rotatable bonds is 0. The molecule has 17 heavy (non-hydrogen) atoms. The van der Waals surface area contributed by atoms with Crippen LogP contribution in [0.2, 0.25) is 0 Å². The van der Waals surface area contributed by atoms with E-state index in [2.05, 4.69) is 41.7 Å². The molecule has 3 heteroatoms. The Bertz CT molecular complexity index is 822. The van der Waals surface area contributed by atoms with Crippen molar-refractivity contribution < 1.29 is 4.36 Å². The number of aromatic nitrogens is 3. The van der Waals surface area contributed by atoms with Gasteiger partial charge < -0.3 is 0 Å². The van der Waals surface area contributed by atoms with Gasteiger partial charge in [0, 0.05) is 11.6 Å². The predicted octanol–water partition coefficient (Wildman–Crippen LogP) is 0.539. The number of nitrogens with zero attached hydrogens (tertiary/aromatic N) is 3. The highest BCUT2D eigenvalue weighted by molar-refractivity contribution is 5.49. The highest BCUT2D eigenvalue weighted by atomic mass is 15.2. The third-order valence-corrected chi connectivity index (χ3v) is 3.38. The van der Waals surface area contributed by atoms with Gasteiger partial charge in [-0.15, -0.1) is 4.36 Å². The fourth-order valence-corrected chi connectivity index (χ4v) is 2.53.